The van der Waals surface area contributed by atoms with Crippen molar-refractivity contribution in [3.05, 3.63) is 16.1 Å². The molecular formula is C12H17N3S2. The van der Waals surface area contributed by atoms with Crippen LogP contribution in [0.15, 0.2) is 10.4 Å². The van der Waals surface area contributed by atoms with E-state index >= 15 is 0 Å². The predicted octanol–water partition coefficient (Wildman–Crippen LogP) is 2.47. The topological polar surface area (TPSA) is 37.3 Å². The molecule has 3 nitrogen and oxygen atoms in total. The fraction of sp³-hybridized carbons (Fsp3) is 0.667. The molecule has 1 atom stereocenters. The predicted molar refractivity (Wildman–Crippen MR) is 75.0 cm³/mol. The lowest BCUT2D eigenvalue weighted by Crippen LogP contribution is -2.22. The Kier molecular flexibility index (Phi) is 3.38. The summed E-state index contributed by atoms with van der Waals surface area (Å²) in [6, 6.07) is 0. The zero-order valence-corrected chi connectivity index (χ0v) is 11.6. The van der Waals surface area contributed by atoms with Crippen molar-refractivity contribution < 1.29 is 0 Å². The smallest absolute Gasteiger partial charge is 0.156 e. The highest BCUT2D eigenvalue weighted by Crippen LogP contribution is 2.41. The van der Waals surface area contributed by atoms with Crippen molar-refractivity contribution in [3.63, 3.8) is 0 Å². The average molecular weight is 267 g/mol. The second-order valence-electron chi connectivity index (χ2n) is 4.67. The van der Waals surface area contributed by atoms with Crippen molar-refractivity contribution in [2.24, 2.45) is 10.9 Å². The SMILES string of the molecule is Cc1nc(CCNC2=NCC(C3CC3)S2)cs1. The number of rotatable bonds is 4. The Balaban J connectivity index is 1.40. The number of thioether (sulfide) groups is 1. The van der Waals surface area contributed by atoms with Gasteiger partial charge in [0, 0.05) is 23.6 Å². The molecule has 2 aliphatic rings. The first-order valence-electron chi connectivity index (χ1n) is 6.17. The second-order valence-corrected chi connectivity index (χ2v) is 6.96. The summed E-state index contributed by atoms with van der Waals surface area (Å²) in [5, 5.41) is 8.64. The van der Waals surface area contributed by atoms with Gasteiger partial charge in [-0.05, 0) is 25.7 Å². The summed E-state index contributed by atoms with van der Waals surface area (Å²) >= 11 is 3.67. The molecule has 1 fully saturated rings. The van der Waals surface area contributed by atoms with E-state index in [1.807, 2.05) is 11.8 Å². The monoisotopic (exact) mass is 267 g/mol. The van der Waals surface area contributed by atoms with E-state index in [2.05, 4.69) is 27.6 Å². The number of aliphatic imine (C=N–C) groups is 1. The molecule has 0 bridgehead atoms. The molecule has 0 spiro atoms. The molecule has 0 amide bonds. The summed E-state index contributed by atoms with van der Waals surface area (Å²) in [7, 11) is 0. The fourth-order valence-electron chi connectivity index (χ4n) is 2.02. The van der Waals surface area contributed by atoms with E-state index in [0.29, 0.717) is 0 Å². The average Bonchev–Trinajstić information content (AvgIpc) is 2.93. The first-order valence-corrected chi connectivity index (χ1v) is 7.93. The van der Waals surface area contributed by atoms with Crippen LogP contribution in [-0.4, -0.2) is 28.5 Å². The fourth-order valence-corrected chi connectivity index (χ4v) is 3.90. The van der Waals surface area contributed by atoms with Gasteiger partial charge < -0.3 is 5.32 Å². The molecule has 0 radical (unpaired) electrons. The van der Waals surface area contributed by atoms with Crippen molar-refractivity contribution in [2.75, 3.05) is 13.1 Å². The Hall–Kier alpha value is -0.550. The van der Waals surface area contributed by atoms with Crippen molar-refractivity contribution in [1.29, 1.82) is 0 Å². The molecule has 1 aliphatic heterocycles. The number of nitrogens with zero attached hydrogens (tertiary/aromatic N) is 2. The maximum atomic E-state index is 4.57. The van der Waals surface area contributed by atoms with Crippen molar-refractivity contribution >= 4 is 28.3 Å². The van der Waals surface area contributed by atoms with Gasteiger partial charge in [-0.15, -0.1) is 11.3 Å². The summed E-state index contributed by atoms with van der Waals surface area (Å²) in [6.45, 7) is 4.03. The Morgan fingerprint density at radius 3 is 3.06 bits per heavy atom. The Morgan fingerprint density at radius 1 is 1.47 bits per heavy atom. The third-order valence-corrected chi connectivity index (χ3v) is 5.31. The molecule has 1 aromatic rings. The van der Waals surface area contributed by atoms with E-state index in [4.69, 9.17) is 0 Å². The molecule has 17 heavy (non-hydrogen) atoms. The van der Waals surface area contributed by atoms with Gasteiger partial charge in [0.05, 0.1) is 17.2 Å². The van der Waals surface area contributed by atoms with Crippen LogP contribution in [0.5, 0.6) is 0 Å². The van der Waals surface area contributed by atoms with Crippen LogP contribution >= 0.6 is 23.1 Å². The molecular weight excluding hydrogens is 250 g/mol. The van der Waals surface area contributed by atoms with Crippen molar-refractivity contribution in [1.82, 2.24) is 10.3 Å². The van der Waals surface area contributed by atoms with Gasteiger partial charge in [-0.2, -0.15) is 0 Å². The number of hydrogen-bond donors (Lipinski definition) is 1. The van der Waals surface area contributed by atoms with Crippen LogP contribution in [0, 0.1) is 12.8 Å². The third kappa shape index (κ3) is 3.01. The van der Waals surface area contributed by atoms with E-state index in [-0.39, 0.29) is 0 Å². The minimum Gasteiger partial charge on any atom is -0.365 e. The lowest BCUT2D eigenvalue weighted by atomic mass is 10.3. The highest BCUT2D eigenvalue weighted by molar-refractivity contribution is 8.14. The second kappa shape index (κ2) is 4.98. The van der Waals surface area contributed by atoms with Gasteiger partial charge in [0.25, 0.3) is 0 Å². The molecule has 5 heteroatoms. The zero-order valence-electron chi connectivity index (χ0n) is 9.98. The van der Waals surface area contributed by atoms with Gasteiger partial charge in [0.2, 0.25) is 0 Å². The summed E-state index contributed by atoms with van der Waals surface area (Å²) in [4.78, 5) is 9.03. The van der Waals surface area contributed by atoms with E-state index in [1.54, 1.807) is 11.3 Å². The third-order valence-electron chi connectivity index (χ3n) is 3.15. The van der Waals surface area contributed by atoms with Gasteiger partial charge in [0.15, 0.2) is 5.17 Å². The van der Waals surface area contributed by atoms with Gasteiger partial charge in [-0.1, -0.05) is 11.8 Å². The van der Waals surface area contributed by atoms with Crippen LogP contribution in [0.3, 0.4) is 0 Å². The van der Waals surface area contributed by atoms with Crippen LogP contribution < -0.4 is 5.32 Å². The number of amidine groups is 1. The quantitative estimate of drug-likeness (QED) is 0.910. The molecule has 1 aromatic heterocycles. The van der Waals surface area contributed by atoms with Crippen LogP contribution in [0.1, 0.15) is 23.5 Å². The summed E-state index contributed by atoms with van der Waals surface area (Å²) in [5.74, 6) is 0.948. The first-order chi connectivity index (χ1) is 8.31. The highest BCUT2D eigenvalue weighted by Gasteiger charge is 2.35. The molecule has 2 heterocycles. The molecule has 0 saturated heterocycles. The summed E-state index contributed by atoms with van der Waals surface area (Å²) in [6.07, 6.45) is 3.83. The molecule has 1 unspecified atom stereocenters. The Morgan fingerprint density at radius 2 is 2.35 bits per heavy atom. The van der Waals surface area contributed by atoms with Crippen LogP contribution in [0.2, 0.25) is 0 Å². The number of nitrogens with one attached hydrogen (secondary N) is 1. The number of thiazole rings is 1. The number of aromatic nitrogens is 1. The zero-order chi connectivity index (χ0) is 11.7. The number of hydrogen-bond acceptors (Lipinski definition) is 5. The summed E-state index contributed by atoms with van der Waals surface area (Å²) < 4.78 is 0. The van der Waals surface area contributed by atoms with E-state index in [0.717, 1.165) is 40.9 Å². The van der Waals surface area contributed by atoms with Gasteiger partial charge in [0.1, 0.15) is 0 Å². The lowest BCUT2D eigenvalue weighted by molar-refractivity contribution is 0.771. The molecule has 3 rings (SSSR count). The van der Waals surface area contributed by atoms with Crippen LogP contribution in [-0.2, 0) is 6.42 Å². The molecule has 1 saturated carbocycles. The molecule has 0 aromatic carbocycles. The van der Waals surface area contributed by atoms with Crippen LogP contribution in [0.4, 0.5) is 0 Å². The molecule has 92 valence electrons. The van der Waals surface area contributed by atoms with Crippen molar-refractivity contribution in [2.45, 2.75) is 31.4 Å². The van der Waals surface area contributed by atoms with Gasteiger partial charge in [-0.3, -0.25) is 4.99 Å². The lowest BCUT2D eigenvalue weighted by Gasteiger charge is -2.06. The summed E-state index contributed by atoms with van der Waals surface area (Å²) in [5.41, 5.74) is 1.20. The largest absolute Gasteiger partial charge is 0.365 e. The Labute approximate surface area is 110 Å². The van der Waals surface area contributed by atoms with Crippen molar-refractivity contribution in [3.8, 4) is 0 Å². The highest BCUT2D eigenvalue weighted by atomic mass is 32.2. The number of aryl methyl sites for hydroxylation is 1. The van der Waals surface area contributed by atoms with Crippen LogP contribution in [0.25, 0.3) is 0 Å². The minimum absolute atomic E-state index is 0.763. The molecule has 1 aliphatic carbocycles. The van der Waals surface area contributed by atoms with Gasteiger partial charge in [-0.25, -0.2) is 4.98 Å². The van der Waals surface area contributed by atoms with E-state index in [9.17, 15) is 0 Å². The maximum absolute atomic E-state index is 4.57. The molecule has 1 N–H and O–H groups in total. The minimum atomic E-state index is 0.763. The maximum Gasteiger partial charge on any atom is 0.156 e. The normalized spacial score (nSPS) is 23.8. The van der Waals surface area contributed by atoms with E-state index < -0.39 is 0 Å². The first kappa shape index (κ1) is 11.5. The van der Waals surface area contributed by atoms with Gasteiger partial charge >= 0.3 is 0 Å². The standard InChI is InChI=1S/C12H17N3S2/c1-8-15-10(7-16-8)4-5-13-12-14-6-11(17-12)9-2-3-9/h7,9,11H,2-6H2,1H3,(H,13,14). The Bertz CT molecular complexity index is 423. The van der Waals surface area contributed by atoms with E-state index in [1.165, 1.54) is 18.5 Å².